The third kappa shape index (κ3) is 2.98. The lowest BCUT2D eigenvalue weighted by Crippen LogP contribution is -2.13. The number of halogens is 3. The van der Waals surface area contributed by atoms with Gasteiger partial charge in [-0.25, -0.2) is 0 Å². The summed E-state index contributed by atoms with van der Waals surface area (Å²) in [4.78, 5) is 19.8. The van der Waals surface area contributed by atoms with Gasteiger partial charge in [0.1, 0.15) is 0 Å². The number of anilines is 1. The highest BCUT2D eigenvalue weighted by Gasteiger charge is 2.33. The van der Waals surface area contributed by atoms with Crippen LogP contribution in [0.4, 0.5) is 18.9 Å². The second-order valence-electron chi connectivity index (χ2n) is 4.75. The highest BCUT2D eigenvalue weighted by Crippen LogP contribution is 2.35. The topological polar surface area (TPSA) is 54.9 Å². The van der Waals surface area contributed by atoms with E-state index >= 15 is 0 Å². The summed E-state index contributed by atoms with van der Waals surface area (Å²) in [6.45, 7) is 0. The average molecular weight is 317 g/mol. The lowest BCUT2D eigenvalue weighted by Gasteiger charge is -2.12. The molecule has 2 heterocycles. The Labute approximate surface area is 129 Å². The van der Waals surface area contributed by atoms with E-state index in [0.717, 1.165) is 6.07 Å². The van der Waals surface area contributed by atoms with E-state index in [0.29, 0.717) is 5.56 Å². The molecule has 1 amide bonds. The normalized spacial score (nSPS) is 11.4. The van der Waals surface area contributed by atoms with Crippen LogP contribution in [0.1, 0.15) is 15.9 Å². The third-order valence-electron chi connectivity index (χ3n) is 3.25. The summed E-state index contributed by atoms with van der Waals surface area (Å²) in [6.07, 6.45) is -0.386. The second-order valence-corrected chi connectivity index (χ2v) is 4.75. The first-order valence-corrected chi connectivity index (χ1v) is 6.63. The minimum absolute atomic E-state index is 0.205. The molecule has 116 valence electrons. The van der Waals surface area contributed by atoms with Crippen molar-refractivity contribution in [1.82, 2.24) is 9.97 Å². The van der Waals surface area contributed by atoms with Crippen LogP contribution in [0.25, 0.3) is 10.9 Å². The molecule has 0 saturated heterocycles. The molecule has 4 nitrogen and oxygen atoms in total. The number of rotatable bonds is 2. The Kier molecular flexibility index (Phi) is 3.69. The number of amides is 1. The molecule has 0 fully saturated rings. The lowest BCUT2D eigenvalue weighted by atomic mass is 10.1. The van der Waals surface area contributed by atoms with Crippen molar-refractivity contribution in [1.29, 1.82) is 0 Å². The number of hydrogen-bond acceptors (Lipinski definition) is 3. The first-order valence-electron chi connectivity index (χ1n) is 6.63. The fourth-order valence-corrected chi connectivity index (χ4v) is 2.21. The SMILES string of the molecule is O=C(Nc1ccnc2c(C(F)(F)F)cccc12)c1cccnc1. The molecule has 0 aliphatic carbocycles. The van der Waals surface area contributed by atoms with Crippen LogP contribution in [0.15, 0.2) is 55.0 Å². The van der Waals surface area contributed by atoms with Gasteiger partial charge >= 0.3 is 6.18 Å². The monoisotopic (exact) mass is 317 g/mol. The van der Waals surface area contributed by atoms with E-state index in [4.69, 9.17) is 0 Å². The second kappa shape index (κ2) is 5.68. The zero-order valence-electron chi connectivity index (χ0n) is 11.6. The van der Waals surface area contributed by atoms with E-state index in [2.05, 4.69) is 15.3 Å². The molecule has 0 bridgehead atoms. The summed E-state index contributed by atoms with van der Waals surface area (Å²) >= 11 is 0. The molecule has 23 heavy (non-hydrogen) atoms. The summed E-state index contributed by atoms with van der Waals surface area (Å²) in [5, 5.41) is 2.82. The summed E-state index contributed by atoms with van der Waals surface area (Å²) in [6, 6.07) is 8.34. The number of aromatic nitrogens is 2. The number of benzene rings is 1. The molecular weight excluding hydrogens is 307 g/mol. The maximum atomic E-state index is 13.0. The number of para-hydroxylation sites is 1. The van der Waals surface area contributed by atoms with E-state index < -0.39 is 17.6 Å². The van der Waals surface area contributed by atoms with Gasteiger partial charge in [0, 0.05) is 24.0 Å². The number of carbonyl (C=O) groups is 1. The number of hydrogen-bond donors (Lipinski definition) is 1. The van der Waals surface area contributed by atoms with Crippen LogP contribution in [-0.2, 0) is 6.18 Å². The first-order chi connectivity index (χ1) is 11.0. The van der Waals surface area contributed by atoms with E-state index in [1.54, 1.807) is 12.1 Å². The van der Waals surface area contributed by atoms with Crippen molar-refractivity contribution < 1.29 is 18.0 Å². The Morgan fingerprint density at radius 1 is 1.04 bits per heavy atom. The quantitative estimate of drug-likeness (QED) is 0.780. The van der Waals surface area contributed by atoms with Crippen molar-refractivity contribution in [2.45, 2.75) is 6.18 Å². The van der Waals surface area contributed by atoms with Gasteiger partial charge in [0.05, 0.1) is 22.3 Å². The molecule has 3 aromatic rings. The molecule has 1 aromatic carbocycles. The van der Waals surface area contributed by atoms with E-state index in [-0.39, 0.29) is 16.6 Å². The smallest absolute Gasteiger partial charge is 0.321 e. The minimum atomic E-state index is -4.52. The van der Waals surface area contributed by atoms with Gasteiger partial charge in [-0.15, -0.1) is 0 Å². The zero-order valence-corrected chi connectivity index (χ0v) is 11.6. The Balaban J connectivity index is 2.04. The van der Waals surface area contributed by atoms with Gasteiger partial charge in [0.15, 0.2) is 0 Å². The van der Waals surface area contributed by atoms with Crippen molar-refractivity contribution in [3.8, 4) is 0 Å². The molecule has 7 heteroatoms. The van der Waals surface area contributed by atoms with Crippen LogP contribution >= 0.6 is 0 Å². The van der Waals surface area contributed by atoms with Crippen LogP contribution < -0.4 is 5.32 Å². The van der Waals surface area contributed by atoms with Crippen molar-refractivity contribution in [3.05, 3.63) is 66.1 Å². The lowest BCUT2D eigenvalue weighted by molar-refractivity contribution is -0.136. The van der Waals surface area contributed by atoms with Gasteiger partial charge in [0.25, 0.3) is 5.91 Å². The summed E-state index contributed by atoms with van der Waals surface area (Å²) in [5.74, 6) is -0.456. The molecular formula is C16H10F3N3O. The van der Waals surface area contributed by atoms with Crippen LogP contribution in [0.5, 0.6) is 0 Å². The van der Waals surface area contributed by atoms with Crippen molar-refractivity contribution in [2.24, 2.45) is 0 Å². The Hall–Kier alpha value is -2.96. The summed E-state index contributed by atoms with van der Waals surface area (Å²) in [5.41, 5.74) is -0.476. The number of alkyl halides is 3. The molecule has 3 rings (SSSR count). The molecule has 1 N–H and O–H groups in total. The Bertz CT molecular complexity index is 863. The summed E-state index contributed by atoms with van der Waals surface area (Å²) in [7, 11) is 0. The van der Waals surface area contributed by atoms with Gasteiger partial charge in [-0.05, 0) is 24.3 Å². The van der Waals surface area contributed by atoms with Crippen LogP contribution in [0, 0.1) is 0 Å². The van der Waals surface area contributed by atoms with Crippen LogP contribution in [0.3, 0.4) is 0 Å². The molecule has 0 atom stereocenters. The van der Waals surface area contributed by atoms with Gasteiger partial charge in [0.2, 0.25) is 0 Å². The summed E-state index contributed by atoms with van der Waals surface area (Å²) < 4.78 is 39.1. The van der Waals surface area contributed by atoms with Crippen LogP contribution in [0.2, 0.25) is 0 Å². The molecule has 0 aliphatic heterocycles. The number of fused-ring (bicyclic) bond motifs is 1. The minimum Gasteiger partial charge on any atom is -0.321 e. The highest BCUT2D eigenvalue weighted by atomic mass is 19.4. The van der Waals surface area contributed by atoms with Gasteiger partial charge in [-0.1, -0.05) is 12.1 Å². The number of nitrogens with one attached hydrogen (secondary N) is 1. The molecule has 0 radical (unpaired) electrons. The predicted octanol–water partition coefficient (Wildman–Crippen LogP) is 3.90. The van der Waals surface area contributed by atoms with Crippen LogP contribution in [-0.4, -0.2) is 15.9 Å². The largest absolute Gasteiger partial charge is 0.418 e. The zero-order chi connectivity index (χ0) is 16.4. The Morgan fingerprint density at radius 2 is 1.87 bits per heavy atom. The molecule has 0 aliphatic rings. The molecule has 0 spiro atoms. The Morgan fingerprint density at radius 3 is 2.57 bits per heavy atom. The third-order valence-corrected chi connectivity index (χ3v) is 3.25. The fraction of sp³-hybridized carbons (Fsp3) is 0.0625. The fourth-order valence-electron chi connectivity index (χ4n) is 2.21. The average Bonchev–Trinajstić information content (AvgIpc) is 2.54. The highest BCUT2D eigenvalue weighted by molar-refractivity contribution is 6.08. The maximum absolute atomic E-state index is 13.0. The molecule has 0 saturated carbocycles. The first kappa shape index (κ1) is 15.0. The van der Waals surface area contributed by atoms with Crippen molar-refractivity contribution in [3.63, 3.8) is 0 Å². The van der Waals surface area contributed by atoms with E-state index in [1.807, 2.05) is 0 Å². The number of carbonyl (C=O) groups excluding carboxylic acids is 1. The van der Waals surface area contributed by atoms with Gasteiger partial charge in [-0.2, -0.15) is 13.2 Å². The van der Waals surface area contributed by atoms with E-state index in [1.165, 1.54) is 36.8 Å². The van der Waals surface area contributed by atoms with Crippen molar-refractivity contribution in [2.75, 3.05) is 5.32 Å². The molecule has 0 unspecified atom stereocenters. The molecule has 2 aromatic heterocycles. The van der Waals surface area contributed by atoms with Gasteiger partial charge in [-0.3, -0.25) is 14.8 Å². The van der Waals surface area contributed by atoms with Crippen molar-refractivity contribution >= 4 is 22.5 Å². The number of nitrogens with zero attached hydrogens (tertiary/aromatic N) is 2. The van der Waals surface area contributed by atoms with Gasteiger partial charge < -0.3 is 5.32 Å². The maximum Gasteiger partial charge on any atom is 0.418 e. The number of pyridine rings is 2. The van der Waals surface area contributed by atoms with E-state index in [9.17, 15) is 18.0 Å². The standard InChI is InChI=1S/C16H10F3N3O/c17-16(18,19)12-5-1-4-11-13(6-8-21-14(11)12)22-15(23)10-3-2-7-20-9-10/h1-9H,(H,21,22,23). The predicted molar refractivity (Wildman–Crippen MR) is 78.9 cm³/mol.